The van der Waals surface area contributed by atoms with Crippen LogP contribution in [0.4, 0.5) is 0 Å². The van der Waals surface area contributed by atoms with Crippen molar-refractivity contribution in [3.63, 3.8) is 0 Å². The fourth-order valence-corrected chi connectivity index (χ4v) is 3.66. The predicted octanol–water partition coefficient (Wildman–Crippen LogP) is 3.90. The highest BCUT2D eigenvalue weighted by atomic mass is 31.2. The highest BCUT2D eigenvalue weighted by Gasteiger charge is 2.26. The van der Waals surface area contributed by atoms with Gasteiger partial charge in [0.05, 0.1) is 26.0 Å². The topological polar surface area (TPSA) is 61.8 Å². The number of hydrogen-bond acceptors (Lipinski definition) is 5. The molecule has 0 aliphatic heterocycles. The molecule has 0 aromatic heterocycles. The van der Waals surface area contributed by atoms with E-state index >= 15 is 0 Å². The molecule has 0 spiro atoms. The van der Waals surface area contributed by atoms with Crippen LogP contribution < -0.4 is 0 Å². The summed E-state index contributed by atoms with van der Waals surface area (Å²) in [6.45, 7) is 6.08. The number of carbonyl (C=O) groups is 1. The molecule has 0 fully saturated rings. The van der Waals surface area contributed by atoms with E-state index in [-0.39, 0.29) is 26.0 Å². The number of esters is 1. The molecule has 0 aliphatic rings. The minimum atomic E-state index is -3.29. The van der Waals surface area contributed by atoms with Crippen LogP contribution >= 0.6 is 7.60 Å². The summed E-state index contributed by atoms with van der Waals surface area (Å²) >= 11 is 0. The first-order valence-corrected chi connectivity index (χ1v) is 9.08. The van der Waals surface area contributed by atoms with E-state index in [1.54, 1.807) is 20.8 Å². The van der Waals surface area contributed by atoms with Crippen LogP contribution in [-0.4, -0.2) is 32.0 Å². The number of carbonyl (C=O) groups excluding carboxylic acids is 1. The minimum Gasteiger partial charge on any atom is -0.463 e. The van der Waals surface area contributed by atoms with Gasteiger partial charge in [0.25, 0.3) is 0 Å². The standard InChI is InChI=1S/C16H23O5P/c1-4-19-16(17)12-15(14-10-8-7-9-11-14)13-22(18,20-5-2)21-6-3/h7-12H,4-6,13H2,1-3H3/b15-12-. The Balaban J connectivity index is 3.10. The molecule has 0 amide bonds. The first-order valence-electron chi connectivity index (χ1n) is 7.35. The molecule has 1 aromatic rings. The van der Waals surface area contributed by atoms with Gasteiger partial charge in [-0.2, -0.15) is 0 Å². The van der Waals surface area contributed by atoms with Crippen LogP contribution in [0.3, 0.4) is 0 Å². The number of ether oxygens (including phenoxy) is 1. The van der Waals surface area contributed by atoms with Crippen molar-refractivity contribution in [2.45, 2.75) is 20.8 Å². The van der Waals surface area contributed by atoms with Crippen molar-refractivity contribution in [2.75, 3.05) is 26.0 Å². The van der Waals surface area contributed by atoms with Crippen molar-refractivity contribution in [3.8, 4) is 0 Å². The molecular formula is C16H23O5P. The van der Waals surface area contributed by atoms with Gasteiger partial charge in [-0.1, -0.05) is 30.3 Å². The summed E-state index contributed by atoms with van der Waals surface area (Å²) < 4.78 is 28.2. The van der Waals surface area contributed by atoms with Crippen LogP contribution in [0.2, 0.25) is 0 Å². The van der Waals surface area contributed by atoms with Gasteiger partial charge in [-0.15, -0.1) is 0 Å². The fraction of sp³-hybridized carbons (Fsp3) is 0.438. The Labute approximate surface area is 131 Å². The molecule has 6 heteroatoms. The van der Waals surface area contributed by atoms with Crippen molar-refractivity contribution in [1.29, 1.82) is 0 Å². The van der Waals surface area contributed by atoms with Crippen LogP contribution in [0, 0.1) is 0 Å². The zero-order valence-corrected chi connectivity index (χ0v) is 14.2. The second-order valence-electron chi connectivity index (χ2n) is 4.39. The Bertz CT molecular complexity index is 529. The lowest BCUT2D eigenvalue weighted by molar-refractivity contribution is -0.137. The Morgan fingerprint density at radius 2 is 1.64 bits per heavy atom. The average Bonchev–Trinajstić information content (AvgIpc) is 2.48. The molecule has 0 saturated heterocycles. The monoisotopic (exact) mass is 326 g/mol. The van der Waals surface area contributed by atoms with Gasteiger partial charge >= 0.3 is 13.6 Å². The molecule has 22 heavy (non-hydrogen) atoms. The van der Waals surface area contributed by atoms with Gasteiger partial charge in [-0.25, -0.2) is 4.79 Å². The Morgan fingerprint density at radius 1 is 1.05 bits per heavy atom. The summed E-state index contributed by atoms with van der Waals surface area (Å²) in [6.07, 6.45) is 1.38. The summed E-state index contributed by atoms with van der Waals surface area (Å²) in [5.74, 6) is -0.471. The van der Waals surface area contributed by atoms with Crippen LogP contribution in [0.5, 0.6) is 0 Å². The van der Waals surface area contributed by atoms with Crippen LogP contribution in [-0.2, 0) is 23.1 Å². The van der Waals surface area contributed by atoms with E-state index in [1.165, 1.54) is 6.08 Å². The van der Waals surface area contributed by atoms with Crippen LogP contribution in [0.25, 0.3) is 5.57 Å². The molecule has 0 saturated carbocycles. The summed E-state index contributed by atoms with van der Waals surface area (Å²) in [4.78, 5) is 11.8. The second-order valence-corrected chi connectivity index (χ2v) is 6.45. The molecule has 0 radical (unpaired) electrons. The van der Waals surface area contributed by atoms with Gasteiger partial charge in [0.15, 0.2) is 0 Å². The molecule has 0 N–H and O–H groups in total. The maximum atomic E-state index is 12.7. The molecule has 0 heterocycles. The lowest BCUT2D eigenvalue weighted by Crippen LogP contribution is -2.06. The Morgan fingerprint density at radius 3 is 2.14 bits per heavy atom. The number of allylic oxidation sites excluding steroid dienone is 1. The van der Waals surface area contributed by atoms with Crippen molar-refractivity contribution in [3.05, 3.63) is 42.0 Å². The van der Waals surface area contributed by atoms with Gasteiger partial charge < -0.3 is 13.8 Å². The molecule has 1 aromatic carbocycles. The zero-order chi connectivity index (χ0) is 16.4. The quantitative estimate of drug-likeness (QED) is 0.391. The number of benzene rings is 1. The van der Waals surface area contributed by atoms with Gasteiger partial charge in [-0.3, -0.25) is 4.57 Å². The second kappa shape index (κ2) is 9.57. The molecule has 0 atom stereocenters. The highest BCUT2D eigenvalue weighted by molar-refractivity contribution is 7.54. The zero-order valence-electron chi connectivity index (χ0n) is 13.3. The van der Waals surface area contributed by atoms with Gasteiger partial charge in [0.1, 0.15) is 0 Å². The van der Waals surface area contributed by atoms with Gasteiger partial charge in [0, 0.05) is 6.08 Å². The Kier molecular flexibility index (Phi) is 8.10. The van der Waals surface area contributed by atoms with Crippen molar-refractivity contribution in [1.82, 2.24) is 0 Å². The molecule has 5 nitrogen and oxygen atoms in total. The normalized spacial score (nSPS) is 12.2. The van der Waals surface area contributed by atoms with Gasteiger partial charge in [0.2, 0.25) is 0 Å². The summed E-state index contributed by atoms with van der Waals surface area (Å²) in [7, 11) is -3.29. The summed E-state index contributed by atoms with van der Waals surface area (Å²) in [5.41, 5.74) is 1.36. The fourth-order valence-electron chi connectivity index (χ4n) is 1.93. The van der Waals surface area contributed by atoms with Crippen LogP contribution in [0.15, 0.2) is 36.4 Å². The predicted molar refractivity (Wildman–Crippen MR) is 86.8 cm³/mol. The van der Waals surface area contributed by atoms with E-state index < -0.39 is 13.6 Å². The molecule has 0 aliphatic carbocycles. The Hall–Kier alpha value is -1.42. The van der Waals surface area contributed by atoms with Crippen molar-refractivity contribution in [2.24, 2.45) is 0 Å². The third-order valence-electron chi connectivity index (χ3n) is 2.74. The van der Waals surface area contributed by atoms with Crippen molar-refractivity contribution < 1.29 is 23.1 Å². The first kappa shape index (κ1) is 18.6. The lowest BCUT2D eigenvalue weighted by atomic mass is 10.1. The third-order valence-corrected chi connectivity index (χ3v) is 4.77. The highest BCUT2D eigenvalue weighted by Crippen LogP contribution is 2.51. The lowest BCUT2D eigenvalue weighted by Gasteiger charge is -2.18. The van der Waals surface area contributed by atoms with Gasteiger partial charge in [-0.05, 0) is 31.9 Å². The van der Waals surface area contributed by atoms with E-state index in [0.717, 1.165) is 5.56 Å². The van der Waals surface area contributed by atoms with E-state index in [9.17, 15) is 9.36 Å². The SMILES string of the molecule is CCOC(=O)/C=C(/CP(=O)(OCC)OCC)c1ccccc1. The largest absolute Gasteiger partial charge is 0.463 e. The van der Waals surface area contributed by atoms with E-state index in [1.807, 2.05) is 30.3 Å². The third kappa shape index (κ3) is 6.14. The molecule has 0 unspecified atom stereocenters. The molecule has 122 valence electrons. The maximum absolute atomic E-state index is 12.7. The van der Waals surface area contributed by atoms with Crippen molar-refractivity contribution >= 4 is 19.1 Å². The molecule has 0 bridgehead atoms. The average molecular weight is 326 g/mol. The number of rotatable bonds is 9. The smallest absolute Gasteiger partial charge is 0.335 e. The van der Waals surface area contributed by atoms with E-state index in [4.69, 9.17) is 13.8 Å². The first-order chi connectivity index (χ1) is 10.5. The maximum Gasteiger partial charge on any atom is 0.335 e. The van der Waals surface area contributed by atoms with Crippen LogP contribution in [0.1, 0.15) is 26.3 Å². The summed E-state index contributed by atoms with van der Waals surface area (Å²) in [5, 5.41) is 0. The van der Waals surface area contributed by atoms with E-state index in [2.05, 4.69) is 0 Å². The van der Waals surface area contributed by atoms with E-state index in [0.29, 0.717) is 5.57 Å². The number of hydrogen-bond donors (Lipinski definition) is 0. The summed E-state index contributed by atoms with van der Waals surface area (Å²) in [6, 6.07) is 9.25. The molecule has 1 rings (SSSR count). The molecular weight excluding hydrogens is 303 g/mol. The minimum absolute atomic E-state index is 0.0253.